The van der Waals surface area contributed by atoms with Crippen molar-refractivity contribution in [3.05, 3.63) is 97.8 Å². The smallest absolute Gasteiger partial charge is 0.141 e. The van der Waals surface area contributed by atoms with Crippen LogP contribution in [0.1, 0.15) is 28.9 Å². The fourth-order valence-electron chi connectivity index (χ4n) is 4.37. The quantitative estimate of drug-likeness (QED) is 0.180. The monoisotopic (exact) mass is 628 g/mol. The third-order valence-electron chi connectivity index (χ3n) is 6.52. The topological polar surface area (TPSA) is 114 Å². The van der Waals surface area contributed by atoms with E-state index in [4.69, 9.17) is 51.1 Å². The summed E-state index contributed by atoms with van der Waals surface area (Å²) in [5.41, 5.74) is 3.34. The molecule has 0 spiro atoms. The van der Waals surface area contributed by atoms with Crippen LogP contribution in [0.15, 0.2) is 55.0 Å². The molecular weight excluding hydrogens is 613 g/mol. The zero-order chi connectivity index (χ0) is 28.7. The van der Waals surface area contributed by atoms with Crippen LogP contribution < -0.4 is 10.6 Å². The molecule has 206 valence electrons. The van der Waals surface area contributed by atoms with Gasteiger partial charge < -0.3 is 15.4 Å². The van der Waals surface area contributed by atoms with Crippen molar-refractivity contribution < 1.29 is 9.13 Å². The summed E-state index contributed by atoms with van der Waals surface area (Å²) in [6, 6.07) is 10.8. The summed E-state index contributed by atoms with van der Waals surface area (Å²) >= 11 is 25.3. The molecule has 6 rings (SSSR count). The van der Waals surface area contributed by atoms with Crippen molar-refractivity contribution in [2.24, 2.45) is 0 Å². The SMILES string of the molecule is N#Cc1cnc2c(Cl)cc(N[C@H](c3cn(C4COC4)nn3)c3cnc(Cl)cc3Cl)cc2c1Nc1ccc(F)c(Cl)c1. The predicted molar refractivity (Wildman–Crippen MR) is 156 cm³/mol. The standard InChI is InChI=1S/C27H17Cl4FN8O/c28-19-6-24(31)34-9-18(19)27(23-10-40(39-38-23)16-11-41-12-16)37-15-3-17-25(36-14-1-2-22(32)20(29)4-14)13(7-33)8-35-26(17)21(30)5-15/h1-6,8-10,16,27,37H,11-12H2,(H,35,36)/t27-/m0/s1. The van der Waals surface area contributed by atoms with E-state index in [1.54, 1.807) is 29.1 Å². The lowest BCUT2D eigenvalue weighted by atomic mass is 10.0. The van der Waals surface area contributed by atoms with Crippen molar-refractivity contribution in [2.45, 2.75) is 12.1 Å². The van der Waals surface area contributed by atoms with Gasteiger partial charge in [0.1, 0.15) is 34.8 Å². The van der Waals surface area contributed by atoms with E-state index in [1.807, 2.05) is 6.20 Å². The predicted octanol–water partition coefficient (Wildman–Crippen LogP) is 7.36. The van der Waals surface area contributed by atoms with Gasteiger partial charge in [-0.15, -0.1) is 5.10 Å². The maximum absolute atomic E-state index is 13.8. The molecule has 1 aliphatic rings. The Labute approximate surface area is 252 Å². The number of aromatic nitrogens is 5. The van der Waals surface area contributed by atoms with Crippen LogP contribution in [0.5, 0.6) is 0 Å². The first-order valence-corrected chi connectivity index (χ1v) is 13.6. The Morgan fingerprint density at radius 3 is 2.51 bits per heavy atom. The molecule has 2 N–H and O–H groups in total. The molecule has 2 aromatic carbocycles. The highest BCUT2D eigenvalue weighted by Crippen LogP contribution is 2.38. The highest BCUT2D eigenvalue weighted by molar-refractivity contribution is 6.36. The van der Waals surface area contributed by atoms with E-state index in [1.165, 1.54) is 24.4 Å². The summed E-state index contributed by atoms with van der Waals surface area (Å²) in [6.07, 6.45) is 4.80. The fraction of sp³-hybridized carbons (Fsp3) is 0.148. The third kappa shape index (κ3) is 5.47. The number of nitrogens with one attached hydrogen (secondary N) is 2. The lowest BCUT2D eigenvalue weighted by Gasteiger charge is -2.25. The van der Waals surface area contributed by atoms with Crippen molar-refractivity contribution in [1.29, 1.82) is 5.26 Å². The minimum absolute atomic E-state index is 0.0648. The molecule has 0 unspecified atom stereocenters. The van der Waals surface area contributed by atoms with Crippen molar-refractivity contribution in [3.8, 4) is 6.07 Å². The van der Waals surface area contributed by atoms with Crippen LogP contribution in [0.3, 0.4) is 0 Å². The summed E-state index contributed by atoms with van der Waals surface area (Å²) in [5, 5.41) is 26.5. The average Bonchev–Trinajstić information content (AvgIpc) is 3.38. The first-order chi connectivity index (χ1) is 19.8. The van der Waals surface area contributed by atoms with Gasteiger partial charge >= 0.3 is 0 Å². The van der Waals surface area contributed by atoms with Crippen LogP contribution in [-0.4, -0.2) is 38.2 Å². The number of anilines is 3. The molecule has 0 aliphatic carbocycles. The molecule has 5 aromatic rings. The Morgan fingerprint density at radius 1 is 1.00 bits per heavy atom. The van der Waals surface area contributed by atoms with Gasteiger partial charge in [0.05, 0.1) is 51.2 Å². The van der Waals surface area contributed by atoms with Gasteiger partial charge in [-0.3, -0.25) is 4.98 Å². The number of hydrogen-bond acceptors (Lipinski definition) is 8. The molecule has 1 saturated heterocycles. The Balaban J connectivity index is 1.45. The highest BCUT2D eigenvalue weighted by Gasteiger charge is 2.26. The summed E-state index contributed by atoms with van der Waals surface area (Å²) in [5.74, 6) is -0.560. The molecule has 1 fully saturated rings. The molecule has 0 radical (unpaired) electrons. The summed E-state index contributed by atoms with van der Waals surface area (Å²) in [7, 11) is 0. The Kier molecular flexibility index (Phi) is 7.55. The molecule has 0 bridgehead atoms. The van der Waals surface area contributed by atoms with Gasteiger partial charge in [-0.05, 0) is 36.4 Å². The van der Waals surface area contributed by atoms with E-state index in [2.05, 4.69) is 37.0 Å². The maximum atomic E-state index is 13.8. The van der Waals surface area contributed by atoms with Crippen LogP contribution in [0.4, 0.5) is 21.5 Å². The van der Waals surface area contributed by atoms with E-state index in [0.717, 1.165) is 0 Å². The largest absolute Gasteiger partial charge is 0.377 e. The second-order valence-electron chi connectivity index (χ2n) is 9.19. The number of pyridine rings is 2. The van der Waals surface area contributed by atoms with Gasteiger partial charge in [0.2, 0.25) is 0 Å². The number of ether oxygens (including phenoxy) is 1. The van der Waals surface area contributed by atoms with Gasteiger partial charge in [-0.25, -0.2) is 14.1 Å². The summed E-state index contributed by atoms with van der Waals surface area (Å²) in [4.78, 5) is 8.60. The maximum Gasteiger partial charge on any atom is 0.141 e. The lowest BCUT2D eigenvalue weighted by Crippen LogP contribution is -2.31. The Morgan fingerprint density at radius 2 is 1.80 bits per heavy atom. The van der Waals surface area contributed by atoms with E-state index in [9.17, 15) is 9.65 Å². The third-order valence-corrected chi connectivity index (χ3v) is 7.63. The molecule has 41 heavy (non-hydrogen) atoms. The van der Waals surface area contributed by atoms with Crippen LogP contribution in [0.25, 0.3) is 10.9 Å². The van der Waals surface area contributed by atoms with Crippen molar-refractivity contribution in [2.75, 3.05) is 23.8 Å². The van der Waals surface area contributed by atoms with Gasteiger partial charge in [0.25, 0.3) is 0 Å². The zero-order valence-electron chi connectivity index (χ0n) is 20.7. The van der Waals surface area contributed by atoms with Crippen molar-refractivity contribution in [1.82, 2.24) is 25.0 Å². The molecule has 4 heterocycles. The van der Waals surface area contributed by atoms with Gasteiger partial charge in [-0.1, -0.05) is 51.6 Å². The number of fused-ring (bicyclic) bond motifs is 1. The molecular formula is C27H17Cl4FN8O. The molecule has 1 aliphatic heterocycles. The summed E-state index contributed by atoms with van der Waals surface area (Å²) in [6.45, 7) is 1.10. The highest BCUT2D eigenvalue weighted by atomic mass is 35.5. The molecule has 3 aromatic heterocycles. The number of rotatable bonds is 7. The minimum Gasteiger partial charge on any atom is -0.377 e. The number of nitriles is 1. The lowest BCUT2D eigenvalue weighted by molar-refractivity contribution is -0.0293. The normalized spacial score (nSPS) is 14.0. The van der Waals surface area contributed by atoms with Crippen LogP contribution >= 0.6 is 46.4 Å². The van der Waals surface area contributed by atoms with Gasteiger partial charge in [0.15, 0.2) is 0 Å². The van der Waals surface area contributed by atoms with E-state index >= 15 is 0 Å². The zero-order valence-corrected chi connectivity index (χ0v) is 23.8. The first-order valence-electron chi connectivity index (χ1n) is 12.1. The van der Waals surface area contributed by atoms with E-state index in [0.29, 0.717) is 62.5 Å². The summed E-state index contributed by atoms with van der Waals surface area (Å²) < 4.78 is 20.8. The Bertz CT molecular complexity index is 1840. The van der Waals surface area contributed by atoms with E-state index in [-0.39, 0.29) is 21.8 Å². The number of halogens is 5. The first kappa shape index (κ1) is 27.4. The molecule has 0 amide bonds. The molecule has 14 heteroatoms. The van der Waals surface area contributed by atoms with Crippen LogP contribution in [0, 0.1) is 17.1 Å². The van der Waals surface area contributed by atoms with Gasteiger partial charge in [0, 0.05) is 34.7 Å². The Hall–Kier alpha value is -3.72. The number of nitrogens with zero attached hydrogens (tertiary/aromatic N) is 6. The number of benzene rings is 2. The van der Waals surface area contributed by atoms with E-state index < -0.39 is 11.9 Å². The van der Waals surface area contributed by atoms with Crippen LogP contribution in [0.2, 0.25) is 20.2 Å². The average molecular weight is 630 g/mol. The fourth-order valence-corrected chi connectivity index (χ4v) is 5.29. The molecule has 0 saturated carbocycles. The molecule has 9 nitrogen and oxygen atoms in total. The van der Waals surface area contributed by atoms with Crippen molar-refractivity contribution in [3.63, 3.8) is 0 Å². The molecule has 1 atom stereocenters. The van der Waals surface area contributed by atoms with Crippen LogP contribution in [-0.2, 0) is 4.74 Å². The van der Waals surface area contributed by atoms with Gasteiger partial charge in [-0.2, -0.15) is 5.26 Å². The second-order valence-corrected chi connectivity index (χ2v) is 10.8. The number of hydrogen-bond donors (Lipinski definition) is 2. The van der Waals surface area contributed by atoms with Crippen molar-refractivity contribution >= 4 is 74.4 Å². The second kappa shape index (κ2) is 11.3. The minimum atomic E-state index is -0.602.